The molecule has 6 heteroatoms. The van der Waals surface area contributed by atoms with E-state index >= 15 is 0 Å². The van der Waals surface area contributed by atoms with Crippen molar-refractivity contribution in [3.63, 3.8) is 0 Å². The summed E-state index contributed by atoms with van der Waals surface area (Å²) in [6.45, 7) is 7.19. The summed E-state index contributed by atoms with van der Waals surface area (Å²) in [5.74, 6) is 2.47. The summed E-state index contributed by atoms with van der Waals surface area (Å²) < 4.78 is 5.19. The second kappa shape index (κ2) is 9.17. The first-order valence-electron chi connectivity index (χ1n) is 9.50. The lowest BCUT2D eigenvalue weighted by Gasteiger charge is -2.16. The Bertz CT molecular complexity index is 909. The monoisotopic (exact) mass is 377 g/mol. The predicted molar refractivity (Wildman–Crippen MR) is 114 cm³/mol. The Morgan fingerprint density at radius 3 is 2.57 bits per heavy atom. The number of aromatic nitrogens is 3. The van der Waals surface area contributed by atoms with E-state index < -0.39 is 0 Å². The van der Waals surface area contributed by atoms with Gasteiger partial charge in [0.05, 0.1) is 13.3 Å². The number of para-hydroxylation sites is 1. The molecule has 146 valence electrons. The van der Waals surface area contributed by atoms with Gasteiger partial charge in [0, 0.05) is 12.2 Å². The maximum Gasteiger partial charge on any atom is 0.244 e. The molecule has 0 aliphatic carbocycles. The van der Waals surface area contributed by atoms with E-state index in [4.69, 9.17) is 4.74 Å². The molecule has 1 aromatic heterocycles. The van der Waals surface area contributed by atoms with Crippen LogP contribution < -0.4 is 15.4 Å². The molecule has 6 nitrogen and oxygen atoms in total. The molecule has 0 atom stereocenters. The molecule has 0 fully saturated rings. The lowest BCUT2D eigenvalue weighted by molar-refractivity contribution is 0.414. The lowest BCUT2D eigenvalue weighted by atomic mass is 9.98. The molecule has 0 saturated carbocycles. The van der Waals surface area contributed by atoms with Crippen LogP contribution in [0.15, 0.2) is 48.7 Å². The van der Waals surface area contributed by atoms with Crippen molar-refractivity contribution in [2.45, 2.75) is 33.1 Å². The van der Waals surface area contributed by atoms with Gasteiger partial charge in [0.1, 0.15) is 5.75 Å². The molecule has 0 amide bonds. The van der Waals surface area contributed by atoms with E-state index in [2.05, 4.69) is 76.9 Å². The molecular formula is C22H27N5O. The van der Waals surface area contributed by atoms with Gasteiger partial charge in [0.25, 0.3) is 0 Å². The minimum absolute atomic E-state index is 0.416. The van der Waals surface area contributed by atoms with Crippen molar-refractivity contribution in [1.82, 2.24) is 15.2 Å². The third-order valence-corrected chi connectivity index (χ3v) is 4.59. The van der Waals surface area contributed by atoms with Crippen molar-refractivity contribution < 1.29 is 4.74 Å². The molecule has 0 radical (unpaired) electrons. The van der Waals surface area contributed by atoms with Crippen LogP contribution in [-0.4, -0.2) is 28.8 Å². The highest BCUT2D eigenvalue weighted by Crippen LogP contribution is 2.29. The summed E-state index contributed by atoms with van der Waals surface area (Å²) in [6, 6.07) is 14.4. The van der Waals surface area contributed by atoms with Gasteiger partial charge in [0.15, 0.2) is 5.82 Å². The quantitative estimate of drug-likeness (QED) is 0.592. The summed E-state index contributed by atoms with van der Waals surface area (Å²) in [5, 5.41) is 14.8. The van der Waals surface area contributed by atoms with Crippen LogP contribution in [0.3, 0.4) is 0 Å². The number of ether oxygens (including phenoxy) is 1. The SMILES string of the molecule is COc1ccc(CCNc2nncc(Nc3c(C)cccc3C(C)C)n2)cc1. The summed E-state index contributed by atoms with van der Waals surface area (Å²) in [4.78, 5) is 4.55. The first-order valence-corrected chi connectivity index (χ1v) is 9.50. The van der Waals surface area contributed by atoms with Gasteiger partial charge < -0.3 is 15.4 Å². The molecular weight excluding hydrogens is 350 g/mol. The number of hydrogen-bond acceptors (Lipinski definition) is 6. The Morgan fingerprint density at radius 2 is 1.86 bits per heavy atom. The van der Waals surface area contributed by atoms with Gasteiger partial charge in [0.2, 0.25) is 5.95 Å². The number of hydrogen-bond donors (Lipinski definition) is 2. The Morgan fingerprint density at radius 1 is 1.07 bits per heavy atom. The molecule has 0 bridgehead atoms. The summed E-state index contributed by atoms with van der Waals surface area (Å²) in [6.07, 6.45) is 2.51. The summed E-state index contributed by atoms with van der Waals surface area (Å²) in [5.41, 5.74) is 4.74. The van der Waals surface area contributed by atoms with E-state index in [9.17, 15) is 0 Å². The van der Waals surface area contributed by atoms with E-state index in [-0.39, 0.29) is 0 Å². The Balaban J connectivity index is 1.64. The number of nitrogens with one attached hydrogen (secondary N) is 2. The zero-order valence-electron chi connectivity index (χ0n) is 16.9. The molecule has 28 heavy (non-hydrogen) atoms. The second-order valence-corrected chi connectivity index (χ2v) is 7.01. The fraction of sp³-hybridized carbons (Fsp3) is 0.318. The van der Waals surface area contributed by atoms with Crippen molar-refractivity contribution in [2.24, 2.45) is 0 Å². The van der Waals surface area contributed by atoms with Crippen LogP contribution in [-0.2, 0) is 6.42 Å². The zero-order valence-corrected chi connectivity index (χ0v) is 16.9. The average molecular weight is 377 g/mol. The standard InChI is InChI=1S/C22H27N5O/c1-15(2)19-7-5-6-16(3)21(19)25-20-14-24-27-22(26-20)23-13-12-17-8-10-18(28-4)11-9-17/h5-11,14-15H,12-13H2,1-4H3,(H2,23,25,26,27). The fourth-order valence-corrected chi connectivity index (χ4v) is 3.02. The van der Waals surface area contributed by atoms with Crippen molar-refractivity contribution >= 4 is 17.5 Å². The van der Waals surface area contributed by atoms with Crippen LogP contribution in [0.2, 0.25) is 0 Å². The highest BCUT2D eigenvalue weighted by atomic mass is 16.5. The molecule has 1 heterocycles. The topological polar surface area (TPSA) is 72.0 Å². The first-order chi connectivity index (χ1) is 13.6. The Kier molecular flexibility index (Phi) is 6.42. The molecule has 2 aromatic carbocycles. The summed E-state index contributed by atoms with van der Waals surface area (Å²) >= 11 is 0. The number of rotatable bonds is 8. The van der Waals surface area contributed by atoms with Crippen molar-refractivity contribution in [1.29, 1.82) is 0 Å². The third-order valence-electron chi connectivity index (χ3n) is 4.59. The third kappa shape index (κ3) is 4.97. The number of aryl methyl sites for hydroxylation is 1. The minimum Gasteiger partial charge on any atom is -0.497 e. The van der Waals surface area contributed by atoms with Crippen molar-refractivity contribution in [2.75, 3.05) is 24.3 Å². The minimum atomic E-state index is 0.416. The maximum absolute atomic E-state index is 5.19. The van der Waals surface area contributed by atoms with Gasteiger partial charge in [-0.2, -0.15) is 10.1 Å². The normalized spacial score (nSPS) is 10.8. The van der Waals surface area contributed by atoms with Gasteiger partial charge in [-0.15, -0.1) is 5.10 Å². The maximum atomic E-state index is 5.19. The Hall–Kier alpha value is -3.15. The van der Waals surface area contributed by atoms with Crippen molar-refractivity contribution in [3.8, 4) is 5.75 Å². The molecule has 3 rings (SSSR count). The first kappa shape index (κ1) is 19.6. The van der Waals surface area contributed by atoms with Crippen LogP contribution in [0, 0.1) is 6.92 Å². The number of anilines is 3. The van der Waals surface area contributed by atoms with Gasteiger partial charge >= 0.3 is 0 Å². The van der Waals surface area contributed by atoms with E-state index in [1.807, 2.05) is 12.1 Å². The van der Waals surface area contributed by atoms with E-state index in [1.54, 1.807) is 13.3 Å². The Labute approximate surface area is 166 Å². The van der Waals surface area contributed by atoms with Gasteiger partial charge in [-0.1, -0.05) is 44.2 Å². The number of nitrogens with zero attached hydrogens (tertiary/aromatic N) is 3. The smallest absolute Gasteiger partial charge is 0.244 e. The molecule has 0 aliphatic rings. The highest BCUT2D eigenvalue weighted by molar-refractivity contribution is 5.65. The van der Waals surface area contributed by atoms with Crippen molar-refractivity contribution in [3.05, 3.63) is 65.4 Å². The average Bonchev–Trinajstić information content (AvgIpc) is 2.70. The molecule has 0 aliphatic heterocycles. The van der Waals surface area contributed by atoms with Gasteiger partial charge in [-0.3, -0.25) is 0 Å². The van der Waals surface area contributed by atoms with Crippen LogP contribution in [0.5, 0.6) is 5.75 Å². The largest absolute Gasteiger partial charge is 0.497 e. The van der Waals surface area contributed by atoms with Crippen LogP contribution in [0.4, 0.5) is 17.5 Å². The number of methoxy groups -OCH3 is 1. The van der Waals surface area contributed by atoms with E-state index in [0.29, 0.717) is 17.7 Å². The van der Waals surface area contributed by atoms with E-state index in [0.717, 1.165) is 24.4 Å². The zero-order chi connectivity index (χ0) is 19.9. The fourth-order valence-electron chi connectivity index (χ4n) is 3.02. The lowest BCUT2D eigenvalue weighted by Crippen LogP contribution is -2.10. The molecule has 2 N–H and O–H groups in total. The van der Waals surface area contributed by atoms with Crippen LogP contribution >= 0.6 is 0 Å². The molecule has 0 saturated heterocycles. The van der Waals surface area contributed by atoms with Crippen LogP contribution in [0.25, 0.3) is 0 Å². The molecule has 3 aromatic rings. The van der Waals surface area contributed by atoms with Gasteiger partial charge in [-0.25, -0.2) is 0 Å². The van der Waals surface area contributed by atoms with E-state index in [1.165, 1.54) is 16.7 Å². The molecule has 0 spiro atoms. The number of benzene rings is 2. The second-order valence-electron chi connectivity index (χ2n) is 7.01. The molecule has 0 unspecified atom stereocenters. The highest BCUT2D eigenvalue weighted by Gasteiger charge is 2.10. The predicted octanol–water partition coefficient (Wildman–Crippen LogP) is 4.71. The van der Waals surface area contributed by atoms with Crippen LogP contribution in [0.1, 0.15) is 36.5 Å². The van der Waals surface area contributed by atoms with Gasteiger partial charge in [-0.05, 0) is 48.1 Å². The summed E-state index contributed by atoms with van der Waals surface area (Å²) in [7, 11) is 1.67.